The van der Waals surface area contributed by atoms with E-state index in [-0.39, 0.29) is 5.78 Å². The van der Waals surface area contributed by atoms with E-state index in [1.54, 1.807) is 0 Å². The Bertz CT molecular complexity index is 579. The summed E-state index contributed by atoms with van der Waals surface area (Å²) in [5.41, 5.74) is 3.41. The first kappa shape index (κ1) is 14.1. The number of rotatable bonds is 6. The van der Waals surface area contributed by atoms with Gasteiger partial charge in [0.1, 0.15) is 0 Å². The molecule has 0 fully saturated rings. The molecule has 0 aliphatic heterocycles. The minimum Gasteiger partial charge on any atom is -0.384 e. The summed E-state index contributed by atoms with van der Waals surface area (Å²) < 4.78 is 0. The number of anilines is 2. The number of hydrogen-bond acceptors (Lipinski definition) is 3. The molecule has 20 heavy (non-hydrogen) atoms. The largest absolute Gasteiger partial charge is 0.384 e. The monoisotopic (exact) mass is 268 g/mol. The second-order valence-corrected chi connectivity index (χ2v) is 4.52. The third-order valence-corrected chi connectivity index (χ3v) is 3.05. The first-order valence-electron chi connectivity index (χ1n) is 6.97. The summed E-state index contributed by atoms with van der Waals surface area (Å²) in [6.07, 6.45) is 0. The molecule has 3 heteroatoms. The highest BCUT2D eigenvalue weighted by molar-refractivity contribution is 6.09. The molecule has 0 aliphatic rings. The van der Waals surface area contributed by atoms with E-state index in [9.17, 15) is 4.79 Å². The number of benzene rings is 2. The molecule has 0 amide bonds. The third kappa shape index (κ3) is 3.18. The van der Waals surface area contributed by atoms with Crippen molar-refractivity contribution in [1.82, 2.24) is 0 Å². The van der Waals surface area contributed by atoms with E-state index in [2.05, 4.69) is 17.6 Å². The van der Waals surface area contributed by atoms with E-state index < -0.39 is 0 Å². The van der Waals surface area contributed by atoms with Gasteiger partial charge < -0.3 is 10.6 Å². The predicted molar refractivity (Wildman–Crippen MR) is 84.6 cm³/mol. The predicted octanol–water partition coefficient (Wildman–Crippen LogP) is 3.78. The van der Waals surface area contributed by atoms with E-state index in [1.165, 1.54) is 0 Å². The molecule has 0 unspecified atom stereocenters. The lowest BCUT2D eigenvalue weighted by Gasteiger charge is -2.13. The van der Waals surface area contributed by atoms with Gasteiger partial charge in [-0.15, -0.1) is 0 Å². The molecule has 2 aromatic carbocycles. The van der Waals surface area contributed by atoms with Crippen molar-refractivity contribution in [1.29, 1.82) is 0 Å². The smallest absolute Gasteiger partial charge is 0.193 e. The fourth-order valence-electron chi connectivity index (χ4n) is 2.12. The molecular weight excluding hydrogens is 248 g/mol. The molecule has 0 saturated carbocycles. The molecule has 0 atom stereocenters. The second kappa shape index (κ2) is 6.75. The quantitative estimate of drug-likeness (QED) is 0.783. The van der Waals surface area contributed by atoms with Crippen LogP contribution < -0.4 is 10.6 Å². The van der Waals surface area contributed by atoms with E-state index in [0.717, 1.165) is 24.5 Å². The number of ketones is 1. The van der Waals surface area contributed by atoms with Crippen LogP contribution in [0.15, 0.2) is 48.5 Å². The topological polar surface area (TPSA) is 41.1 Å². The van der Waals surface area contributed by atoms with Gasteiger partial charge in [-0.25, -0.2) is 0 Å². The van der Waals surface area contributed by atoms with Crippen LogP contribution in [-0.2, 0) is 0 Å². The summed E-state index contributed by atoms with van der Waals surface area (Å²) in [5.74, 6) is 0.0489. The van der Waals surface area contributed by atoms with Crippen LogP contribution in [-0.4, -0.2) is 18.9 Å². The van der Waals surface area contributed by atoms with Crippen LogP contribution >= 0.6 is 0 Å². The molecule has 0 bridgehead atoms. The molecule has 2 aromatic rings. The van der Waals surface area contributed by atoms with Crippen molar-refractivity contribution in [3.05, 3.63) is 59.7 Å². The fourth-order valence-corrected chi connectivity index (χ4v) is 2.12. The summed E-state index contributed by atoms with van der Waals surface area (Å²) >= 11 is 0. The van der Waals surface area contributed by atoms with Crippen molar-refractivity contribution < 1.29 is 4.79 Å². The van der Waals surface area contributed by atoms with E-state index in [1.807, 2.05) is 55.5 Å². The van der Waals surface area contributed by atoms with Gasteiger partial charge >= 0.3 is 0 Å². The maximum atomic E-state index is 12.4. The molecule has 0 heterocycles. The summed E-state index contributed by atoms with van der Waals surface area (Å²) in [5, 5.41) is 6.59. The van der Waals surface area contributed by atoms with E-state index in [4.69, 9.17) is 0 Å². The van der Waals surface area contributed by atoms with Crippen molar-refractivity contribution in [2.75, 3.05) is 23.7 Å². The van der Waals surface area contributed by atoms with Crippen molar-refractivity contribution >= 4 is 17.2 Å². The van der Waals surface area contributed by atoms with E-state index in [0.29, 0.717) is 11.1 Å². The second-order valence-electron chi connectivity index (χ2n) is 4.52. The molecule has 0 radical (unpaired) electrons. The summed E-state index contributed by atoms with van der Waals surface area (Å²) in [7, 11) is 0. The molecule has 0 saturated heterocycles. The average Bonchev–Trinajstić information content (AvgIpc) is 2.50. The summed E-state index contributed by atoms with van der Waals surface area (Å²) in [4.78, 5) is 12.4. The lowest BCUT2D eigenvalue weighted by atomic mass is 10.0. The van der Waals surface area contributed by atoms with Crippen molar-refractivity contribution in [2.45, 2.75) is 13.8 Å². The molecule has 0 spiro atoms. The van der Waals surface area contributed by atoms with Crippen LogP contribution in [0.2, 0.25) is 0 Å². The Kier molecular flexibility index (Phi) is 4.77. The highest BCUT2D eigenvalue weighted by atomic mass is 16.1. The van der Waals surface area contributed by atoms with Crippen molar-refractivity contribution in [2.24, 2.45) is 0 Å². The number of hydrogen-bond donors (Lipinski definition) is 2. The molecule has 0 aromatic heterocycles. The third-order valence-electron chi connectivity index (χ3n) is 3.05. The van der Waals surface area contributed by atoms with Gasteiger partial charge in [-0.2, -0.15) is 0 Å². The fraction of sp³-hybridized carbons (Fsp3) is 0.235. The maximum Gasteiger partial charge on any atom is 0.193 e. The van der Waals surface area contributed by atoms with Crippen LogP contribution in [0.1, 0.15) is 29.8 Å². The number of nitrogens with one attached hydrogen (secondary N) is 2. The normalized spacial score (nSPS) is 10.1. The van der Waals surface area contributed by atoms with Crippen LogP contribution in [0.25, 0.3) is 0 Å². The zero-order valence-corrected chi connectivity index (χ0v) is 11.9. The van der Waals surface area contributed by atoms with Crippen LogP contribution in [0.5, 0.6) is 0 Å². The lowest BCUT2D eigenvalue weighted by Crippen LogP contribution is -2.07. The van der Waals surface area contributed by atoms with Crippen molar-refractivity contribution in [3.63, 3.8) is 0 Å². The minimum atomic E-state index is 0.0489. The summed E-state index contributed by atoms with van der Waals surface area (Å²) in [6.45, 7) is 5.77. The standard InChI is InChI=1S/C17H20N2O/c1-3-18-15-11-10-14(12-16(15)19-4-2)17(20)13-8-6-5-7-9-13/h5-12,18-19H,3-4H2,1-2H3. The lowest BCUT2D eigenvalue weighted by molar-refractivity contribution is 0.103. The van der Waals surface area contributed by atoms with Crippen molar-refractivity contribution in [3.8, 4) is 0 Å². The van der Waals surface area contributed by atoms with E-state index >= 15 is 0 Å². The summed E-state index contributed by atoms with van der Waals surface area (Å²) in [6, 6.07) is 15.1. The van der Waals surface area contributed by atoms with Gasteiger partial charge in [0.15, 0.2) is 5.78 Å². The zero-order chi connectivity index (χ0) is 14.4. The highest BCUT2D eigenvalue weighted by Gasteiger charge is 2.11. The van der Waals surface area contributed by atoms with Gasteiger partial charge in [-0.1, -0.05) is 30.3 Å². The van der Waals surface area contributed by atoms with Crippen LogP contribution in [0.3, 0.4) is 0 Å². The maximum absolute atomic E-state index is 12.4. The van der Waals surface area contributed by atoms with Gasteiger partial charge in [-0.05, 0) is 32.0 Å². The Morgan fingerprint density at radius 3 is 2.15 bits per heavy atom. The van der Waals surface area contributed by atoms with Crippen LogP contribution in [0.4, 0.5) is 11.4 Å². The first-order chi connectivity index (χ1) is 9.76. The molecule has 2 rings (SSSR count). The SMILES string of the molecule is CCNc1ccc(C(=O)c2ccccc2)cc1NCC. The zero-order valence-electron chi connectivity index (χ0n) is 11.9. The van der Waals surface area contributed by atoms with Gasteiger partial charge in [0.25, 0.3) is 0 Å². The molecule has 2 N–H and O–H groups in total. The van der Waals surface area contributed by atoms with Gasteiger partial charge in [0, 0.05) is 24.2 Å². The molecule has 3 nitrogen and oxygen atoms in total. The molecule has 0 aliphatic carbocycles. The number of carbonyl (C=O) groups excluding carboxylic acids is 1. The number of carbonyl (C=O) groups is 1. The molecular formula is C17H20N2O. The average molecular weight is 268 g/mol. The van der Waals surface area contributed by atoms with Crippen LogP contribution in [0, 0.1) is 0 Å². The highest BCUT2D eigenvalue weighted by Crippen LogP contribution is 2.24. The Balaban J connectivity index is 2.33. The Hall–Kier alpha value is -2.29. The molecule has 104 valence electrons. The minimum absolute atomic E-state index is 0.0489. The van der Waals surface area contributed by atoms with Gasteiger partial charge in [0.2, 0.25) is 0 Å². The Morgan fingerprint density at radius 1 is 0.850 bits per heavy atom. The first-order valence-corrected chi connectivity index (χ1v) is 6.97. The van der Waals surface area contributed by atoms with Gasteiger partial charge in [0.05, 0.1) is 11.4 Å². The Morgan fingerprint density at radius 2 is 1.50 bits per heavy atom. The Labute approximate surface area is 120 Å². The van der Waals surface area contributed by atoms with Gasteiger partial charge in [-0.3, -0.25) is 4.79 Å².